The fourth-order valence-electron chi connectivity index (χ4n) is 3.17. The van der Waals surface area contributed by atoms with Gasteiger partial charge in [-0.3, -0.25) is 14.4 Å². The van der Waals surface area contributed by atoms with Crippen molar-refractivity contribution in [2.24, 2.45) is 5.41 Å². The molecule has 0 spiro atoms. The molecular weight excluding hydrogens is 332 g/mol. The van der Waals surface area contributed by atoms with Crippen LogP contribution in [0.15, 0.2) is 18.2 Å². The van der Waals surface area contributed by atoms with E-state index >= 15 is 0 Å². The molecule has 1 aliphatic heterocycles. The van der Waals surface area contributed by atoms with Gasteiger partial charge >= 0.3 is 5.97 Å². The Morgan fingerprint density at radius 2 is 1.96 bits per heavy atom. The SMILES string of the molecule is Cc1cc(C(=O)N2CCCCC2C)ccc1NC(=O)CC(C)(C)C(=O)O. The van der Waals surface area contributed by atoms with Crippen LogP contribution in [-0.4, -0.2) is 40.4 Å². The summed E-state index contributed by atoms with van der Waals surface area (Å²) in [6.07, 6.45) is 3.09. The topological polar surface area (TPSA) is 86.7 Å². The fraction of sp³-hybridized carbons (Fsp3) is 0.550. The summed E-state index contributed by atoms with van der Waals surface area (Å²) in [7, 11) is 0. The van der Waals surface area contributed by atoms with Crippen molar-refractivity contribution in [3.63, 3.8) is 0 Å². The van der Waals surface area contributed by atoms with E-state index < -0.39 is 11.4 Å². The van der Waals surface area contributed by atoms with E-state index in [1.165, 1.54) is 13.8 Å². The van der Waals surface area contributed by atoms with Gasteiger partial charge in [-0.2, -0.15) is 0 Å². The van der Waals surface area contributed by atoms with Crippen LogP contribution in [0.3, 0.4) is 0 Å². The molecule has 2 N–H and O–H groups in total. The van der Waals surface area contributed by atoms with E-state index in [0.717, 1.165) is 31.4 Å². The van der Waals surface area contributed by atoms with Crippen LogP contribution in [-0.2, 0) is 9.59 Å². The van der Waals surface area contributed by atoms with Crippen molar-refractivity contribution in [1.82, 2.24) is 4.90 Å². The molecule has 2 rings (SSSR count). The molecule has 0 saturated carbocycles. The summed E-state index contributed by atoms with van der Waals surface area (Å²) in [6.45, 7) is 7.71. The van der Waals surface area contributed by atoms with Crippen LogP contribution >= 0.6 is 0 Å². The fourth-order valence-corrected chi connectivity index (χ4v) is 3.17. The number of carboxylic acid groups (broad SMARTS) is 1. The Bertz CT molecular complexity index is 712. The molecule has 6 nitrogen and oxygen atoms in total. The molecule has 6 heteroatoms. The zero-order valence-corrected chi connectivity index (χ0v) is 16.0. The van der Waals surface area contributed by atoms with Crippen LogP contribution in [0.5, 0.6) is 0 Å². The third-order valence-electron chi connectivity index (χ3n) is 4.99. The number of aliphatic carboxylic acids is 1. The highest BCUT2D eigenvalue weighted by molar-refractivity contribution is 5.97. The Morgan fingerprint density at radius 3 is 2.54 bits per heavy atom. The molecule has 1 unspecified atom stereocenters. The van der Waals surface area contributed by atoms with Crippen LogP contribution < -0.4 is 5.32 Å². The lowest BCUT2D eigenvalue weighted by molar-refractivity contribution is -0.148. The van der Waals surface area contributed by atoms with Crippen LogP contribution in [0.25, 0.3) is 0 Å². The number of aryl methyl sites for hydroxylation is 1. The molecule has 1 aromatic rings. The lowest BCUT2D eigenvalue weighted by Gasteiger charge is -2.33. The first kappa shape index (κ1) is 19.9. The molecule has 1 saturated heterocycles. The van der Waals surface area contributed by atoms with Crippen molar-refractivity contribution in [2.45, 2.75) is 59.4 Å². The summed E-state index contributed by atoms with van der Waals surface area (Å²) < 4.78 is 0. The van der Waals surface area contributed by atoms with E-state index in [2.05, 4.69) is 12.2 Å². The van der Waals surface area contributed by atoms with E-state index in [0.29, 0.717) is 11.3 Å². The van der Waals surface area contributed by atoms with Gasteiger partial charge < -0.3 is 15.3 Å². The highest BCUT2D eigenvalue weighted by Crippen LogP contribution is 2.24. The molecule has 1 aromatic carbocycles. The number of carbonyl (C=O) groups excluding carboxylic acids is 2. The van der Waals surface area contributed by atoms with E-state index in [1.807, 2.05) is 11.8 Å². The standard InChI is InChI=1S/C20H28N2O4/c1-13-11-15(18(24)22-10-6-5-7-14(22)2)8-9-16(13)21-17(23)12-20(3,4)19(25)26/h8-9,11,14H,5-7,10,12H2,1-4H3,(H,21,23)(H,25,26). The van der Waals surface area contributed by atoms with Crippen molar-refractivity contribution >= 4 is 23.5 Å². The molecular formula is C20H28N2O4. The number of nitrogens with one attached hydrogen (secondary N) is 1. The molecule has 1 fully saturated rings. The van der Waals surface area contributed by atoms with Crippen LogP contribution in [0.2, 0.25) is 0 Å². The van der Waals surface area contributed by atoms with Gasteiger partial charge in [0.05, 0.1) is 5.41 Å². The predicted octanol–water partition coefficient (Wildman–Crippen LogP) is 3.45. The molecule has 26 heavy (non-hydrogen) atoms. The van der Waals surface area contributed by atoms with Crippen molar-refractivity contribution < 1.29 is 19.5 Å². The van der Waals surface area contributed by atoms with Gasteiger partial charge in [0.15, 0.2) is 0 Å². The van der Waals surface area contributed by atoms with Gasteiger partial charge in [0, 0.05) is 30.3 Å². The van der Waals surface area contributed by atoms with Gasteiger partial charge in [-0.05, 0) is 70.7 Å². The second-order valence-corrected chi connectivity index (χ2v) is 7.79. The molecule has 2 amide bonds. The summed E-state index contributed by atoms with van der Waals surface area (Å²) in [6, 6.07) is 5.45. The summed E-state index contributed by atoms with van der Waals surface area (Å²) in [5, 5.41) is 11.9. The van der Waals surface area contributed by atoms with Gasteiger partial charge in [0.25, 0.3) is 5.91 Å². The van der Waals surface area contributed by atoms with E-state index in [4.69, 9.17) is 5.11 Å². The Balaban J connectivity index is 2.08. The Kier molecular flexibility index (Phi) is 6.05. The van der Waals surface area contributed by atoms with Crippen LogP contribution in [0.1, 0.15) is 62.4 Å². The first-order valence-electron chi connectivity index (χ1n) is 9.06. The van der Waals surface area contributed by atoms with Crippen LogP contribution in [0.4, 0.5) is 5.69 Å². The van der Waals surface area contributed by atoms with Gasteiger partial charge in [0.2, 0.25) is 5.91 Å². The second kappa shape index (κ2) is 7.89. The van der Waals surface area contributed by atoms with Gasteiger partial charge in [-0.25, -0.2) is 0 Å². The summed E-state index contributed by atoms with van der Waals surface area (Å²) in [5.74, 6) is -1.35. The lowest BCUT2D eigenvalue weighted by atomic mass is 9.89. The number of rotatable bonds is 5. The molecule has 142 valence electrons. The molecule has 0 aliphatic carbocycles. The lowest BCUT2D eigenvalue weighted by Crippen LogP contribution is -2.42. The quantitative estimate of drug-likeness (QED) is 0.842. The Morgan fingerprint density at radius 1 is 1.27 bits per heavy atom. The zero-order chi connectivity index (χ0) is 19.5. The summed E-state index contributed by atoms with van der Waals surface area (Å²) >= 11 is 0. The predicted molar refractivity (Wildman–Crippen MR) is 100 cm³/mol. The maximum atomic E-state index is 12.7. The van der Waals surface area contributed by atoms with Gasteiger partial charge in [-0.15, -0.1) is 0 Å². The average molecular weight is 360 g/mol. The number of hydrogen-bond acceptors (Lipinski definition) is 3. The number of nitrogens with zero attached hydrogens (tertiary/aromatic N) is 1. The maximum Gasteiger partial charge on any atom is 0.309 e. The first-order valence-corrected chi connectivity index (χ1v) is 9.06. The summed E-state index contributed by atoms with van der Waals surface area (Å²) in [5.41, 5.74) is 0.861. The molecule has 1 heterocycles. The van der Waals surface area contributed by atoms with E-state index in [-0.39, 0.29) is 24.3 Å². The Labute approximate surface area is 154 Å². The highest BCUT2D eigenvalue weighted by Gasteiger charge is 2.30. The number of anilines is 1. The largest absolute Gasteiger partial charge is 0.481 e. The van der Waals surface area contributed by atoms with E-state index in [9.17, 15) is 14.4 Å². The van der Waals surface area contributed by atoms with E-state index in [1.54, 1.807) is 18.2 Å². The Hall–Kier alpha value is -2.37. The number of piperidine rings is 1. The minimum absolute atomic E-state index is 0.0187. The van der Waals surface area contributed by atoms with Crippen molar-refractivity contribution in [3.8, 4) is 0 Å². The summed E-state index contributed by atoms with van der Waals surface area (Å²) in [4.78, 5) is 37.9. The smallest absolute Gasteiger partial charge is 0.309 e. The third-order valence-corrected chi connectivity index (χ3v) is 4.99. The second-order valence-electron chi connectivity index (χ2n) is 7.79. The van der Waals surface area contributed by atoms with Crippen molar-refractivity contribution in [2.75, 3.05) is 11.9 Å². The first-order chi connectivity index (χ1) is 12.1. The minimum Gasteiger partial charge on any atom is -0.481 e. The molecule has 1 aliphatic rings. The third kappa shape index (κ3) is 4.62. The highest BCUT2D eigenvalue weighted by atomic mass is 16.4. The normalized spacial score (nSPS) is 17.7. The van der Waals surface area contributed by atoms with Gasteiger partial charge in [-0.1, -0.05) is 0 Å². The minimum atomic E-state index is -1.13. The number of hydrogen-bond donors (Lipinski definition) is 2. The number of benzene rings is 1. The molecule has 0 bridgehead atoms. The molecule has 0 radical (unpaired) electrons. The number of amides is 2. The maximum absolute atomic E-state index is 12.7. The molecule has 1 atom stereocenters. The van der Waals surface area contributed by atoms with Crippen LogP contribution in [0, 0.1) is 12.3 Å². The number of likely N-dealkylation sites (tertiary alicyclic amines) is 1. The number of carbonyl (C=O) groups is 3. The van der Waals surface area contributed by atoms with Gasteiger partial charge in [0.1, 0.15) is 0 Å². The zero-order valence-electron chi connectivity index (χ0n) is 16.0. The van der Waals surface area contributed by atoms with Crippen molar-refractivity contribution in [1.29, 1.82) is 0 Å². The monoisotopic (exact) mass is 360 g/mol. The average Bonchev–Trinajstić information content (AvgIpc) is 2.56. The molecule has 0 aromatic heterocycles. The number of carboxylic acids is 1. The van der Waals surface area contributed by atoms with Crippen molar-refractivity contribution in [3.05, 3.63) is 29.3 Å².